The maximum atomic E-state index is 12.2. The van der Waals surface area contributed by atoms with E-state index < -0.39 is 6.10 Å². The van der Waals surface area contributed by atoms with Crippen LogP contribution in [-0.4, -0.2) is 29.6 Å². The Hall–Kier alpha value is -1.16. The van der Waals surface area contributed by atoms with Gasteiger partial charge in [0.2, 0.25) is 0 Å². The number of nitrogens with one attached hydrogen (secondary N) is 1. The van der Waals surface area contributed by atoms with Gasteiger partial charge >= 0.3 is 0 Å². The highest BCUT2D eigenvalue weighted by atomic mass is 32.2. The molecule has 1 aromatic carbocycles. The van der Waals surface area contributed by atoms with Crippen molar-refractivity contribution in [3.05, 3.63) is 29.8 Å². The summed E-state index contributed by atoms with van der Waals surface area (Å²) in [6, 6.07) is 7.96. The summed E-state index contributed by atoms with van der Waals surface area (Å²) in [5.74, 6) is 2.15. The van der Waals surface area contributed by atoms with E-state index in [0.29, 0.717) is 5.92 Å². The van der Waals surface area contributed by atoms with Crippen LogP contribution in [0.3, 0.4) is 0 Å². The van der Waals surface area contributed by atoms with Crippen molar-refractivity contribution in [2.24, 2.45) is 0 Å². The number of para-hydroxylation sites is 1. The third kappa shape index (κ3) is 6.04. The standard InChI is InChI=1S/C20H31NO2S/c1-15(2)18-11-7-8-12-19(18)23-16(3)20(22)21-13-14-24-17-9-5-4-6-10-17/h7-8,11-12,15-17H,4-6,9-10,13-14H2,1-3H3,(H,21,22)/t16-/m0/s1. The molecule has 0 heterocycles. The molecule has 134 valence electrons. The zero-order chi connectivity index (χ0) is 17.4. The average Bonchev–Trinajstić information content (AvgIpc) is 2.59. The van der Waals surface area contributed by atoms with Gasteiger partial charge < -0.3 is 10.1 Å². The van der Waals surface area contributed by atoms with Crippen LogP contribution >= 0.6 is 11.8 Å². The van der Waals surface area contributed by atoms with Crippen LogP contribution in [0.15, 0.2) is 24.3 Å². The fourth-order valence-electron chi connectivity index (χ4n) is 3.08. The number of amides is 1. The third-order valence-corrected chi connectivity index (χ3v) is 5.90. The Morgan fingerprint density at radius 2 is 1.92 bits per heavy atom. The molecule has 1 aliphatic rings. The van der Waals surface area contributed by atoms with Crippen molar-refractivity contribution < 1.29 is 9.53 Å². The zero-order valence-electron chi connectivity index (χ0n) is 15.2. The predicted molar refractivity (Wildman–Crippen MR) is 103 cm³/mol. The summed E-state index contributed by atoms with van der Waals surface area (Å²) in [5, 5.41) is 3.80. The Bertz CT molecular complexity index is 512. The van der Waals surface area contributed by atoms with Crippen molar-refractivity contribution >= 4 is 17.7 Å². The summed E-state index contributed by atoms with van der Waals surface area (Å²) < 4.78 is 5.90. The summed E-state index contributed by atoms with van der Waals surface area (Å²) in [5.41, 5.74) is 1.14. The molecule has 1 atom stereocenters. The minimum absolute atomic E-state index is 0.0298. The number of ether oxygens (including phenoxy) is 1. The molecule has 0 radical (unpaired) electrons. The van der Waals surface area contributed by atoms with Crippen LogP contribution < -0.4 is 10.1 Å². The molecule has 0 spiro atoms. The van der Waals surface area contributed by atoms with E-state index >= 15 is 0 Å². The lowest BCUT2D eigenvalue weighted by Gasteiger charge is -2.21. The average molecular weight is 350 g/mol. The molecule has 0 unspecified atom stereocenters. The molecular formula is C20H31NO2S. The summed E-state index contributed by atoms with van der Waals surface area (Å²) in [7, 11) is 0. The Labute approximate surface area is 150 Å². The van der Waals surface area contributed by atoms with Gasteiger partial charge in [-0.15, -0.1) is 0 Å². The largest absolute Gasteiger partial charge is 0.481 e. The molecule has 1 saturated carbocycles. The quantitative estimate of drug-likeness (QED) is 0.688. The molecule has 4 heteroatoms. The first kappa shape index (κ1) is 19.2. The first-order valence-corrected chi connectivity index (χ1v) is 10.3. The molecule has 0 saturated heterocycles. The van der Waals surface area contributed by atoms with Gasteiger partial charge in [-0.25, -0.2) is 0 Å². The highest BCUT2D eigenvalue weighted by molar-refractivity contribution is 7.99. The summed E-state index contributed by atoms with van der Waals surface area (Å²) in [6.45, 7) is 6.81. The van der Waals surface area contributed by atoms with Gasteiger partial charge in [-0.05, 0) is 37.3 Å². The molecule has 0 aromatic heterocycles. The third-order valence-electron chi connectivity index (χ3n) is 4.52. The van der Waals surface area contributed by atoms with E-state index in [4.69, 9.17) is 4.74 Å². The molecule has 1 amide bonds. The van der Waals surface area contributed by atoms with Gasteiger partial charge in [0.15, 0.2) is 6.10 Å². The second kappa shape index (κ2) is 9.97. The van der Waals surface area contributed by atoms with E-state index in [1.165, 1.54) is 32.1 Å². The van der Waals surface area contributed by atoms with Crippen LogP contribution in [0.2, 0.25) is 0 Å². The monoisotopic (exact) mass is 349 g/mol. The second-order valence-electron chi connectivity index (χ2n) is 6.87. The van der Waals surface area contributed by atoms with Gasteiger partial charge in [-0.3, -0.25) is 4.79 Å². The maximum Gasteiger partial charge on any atom is 0.260 e. The summed E-state index contributed by atoms with van der Waals surface area (Å²) in [4.78, 5) is 12.2. The molecule has 0 aliphatic heterocycles. The number of hydrogen-bond acceptors (Lipinski definition) is 3. The minimum Gasteiger partial charge on any atom is -0.481 e. The lowest BCUT2D eigenvalue weighted by molar-refractivity contribution is -0.127. The SMILES string of the molecule is CC(C)c1ccccc1O[C@@H](C)C(=O)NCCSC1CCCCC1. The van der Waals surface area contributed by atoms with Gasteiger partial charge in [0.05, 0.1) is 0 Å². The Morgan fingerprint density at radius 1 is 1.21 bits per heavy atom. The van der Waals surface area contributed by atoms with Crippen molar-refractivity contribution in [2.75, 3.05) is 12.3 Å². The normalized spacial score (nSPS) is 16.8. The highest BCUT2D eigenvalue weighted by Crippen LogP contribution is 2.28. The zero-order valence-corrected chi connectivity index (χ0v) is 16.0. The van der Waals surface area contributed by atoms with Crippen molar-refractivity contribution in [1.29, 1.82) is 0 Å². The molecule has 3 nitrogen and oxygen atoms in total. The number of carbonyl (C=O) groups is 1. The van der Waals surface area contributed by atoms with Gasteiger partial charge in [0.25, 0.3) is 5.91 Å². The van der Waals surface area contributed by atoms with Crippen LogP contribution in [0.4, 0.5) is 0 Å². The molecule has 1 aliphatic carbocycles. The number of rotatable bonds is 8. The van der Waals surface area contributed by atoms with E-state index in [1.54, 1.807) is 0 Å². The van der Waals surface area contributed by atoms with Crippen LogP contribution in [0.5, 0.6) is 5.75 Å². The fourth-order valence-corrected chi connectivity index (χ4v) is 4.30. The Kier molecular flexibility index (Phi) is 7.97. The molecule has 2 rings (SSSR count). The minimum atomic E-state index is -0.468. The lowest BCUT2D eigenvalue weighted by atomic mass is 10.0. The molecule has 1 aromatic rings. The lowest BCUT2D eigenvalue weighted by Crippen LogP contribution is -2.37. The van der Waals surface area contributed by atoms with E-state index in [1.807, 2.05) is 36.9 Å². The molecular weight excluding hydrogens is 318 g/mol. The van der Waals surface area contributed by atoms with E-state index in [-0.39, 0.29) is 5.91 Å². The van der Waals surface area contributed by atoms with E-state index in [2.05, 4.69) is 25.2 Å². The number of thioether (sulfide) groups is 1. The van der Waals surface area contributed by atoms with Gasteiger partial charge in [0, 0.05) is 17.5 Å². The number of hydrogen-bond donors (Lipinski definition) is 1. The van der Waals surface area contributed by atoms with Crippen LogP contribution in [0.1, 0.15) is 64.4 Å². The van der Waals surface area contributed by atoms with Crippen molar-refractivity contribution in [3.8, 4) is 5.75 Å². The van der Waals surface area contributed by atoms with E-state index in [9.17, 15) is 4.79 Å². The second-order valence-corrected chi connectivity index (χ2v) is 8.28. The van der Waals surface area contributed by atoms with E-state index in [0.717, 1.165) is 28.9 Å². The number of benzene rings is 1. The molecule has 1 N–H and O–H groups in total. The van der Waals surface area contributed by atoms with Crippen LogP contribution in [-0.2, 0) is 4.79 Å². The van der Waals surface area contributed by atoms with Gasteiger partial charge in [0.1, 0.15) is 5.75 Å². The highest BCUT2D eigenvalue weighted by Gasteiger charge is 2.17. The van der Waals surface area contributed by atoms with Gasteiger partial charge in [-0.2, -0.15) is 11.8 Å². The molecule has 0 bridgehead atoms. The van der Waals surface area contributed by atoms with Crippen molar-refractivity contribution in [1.82, 2.24) is 5.32 Å². The Balaban J connectivity index is 1.72. The predicted octanol–water partition coefficient (Wildman–Crippen LogP) is 4.76. The maximum absolute atomic E-state index is 12.2. The number of carbonyl (C=O) groups excluding carboxylic acids is 1. The van der Waals surface area contributed by atoms with Crippen molar-refractivity contribution in [3.63, 3.8) is 0 Å². The molecule has 24 heavy (non-hydrogen) atoms. The van der Waals surface area contributed by atoms with Crippen molar-refractivity contribution in [2.45, 2.75) is 70.1 Å². The summed E-state index contributed by atoms with van der Waals surface area (Å²) in [6.07, 6.45) is 6.33. The van der Waals surface area contributed by atoms with Gasteiger partial charge in [-0.1, -0.05) is 51.3 Å². The topological polar surface area (TPSA) is 38.3 Å². The fraction of sp³-hybridized carbons (Fsp3) is 0.650. The molecule has 1 fully saturated rings. The summed E-state index contributed by atoms with van der Waals surface area (Å²) >= 11 is 2.01. The van der Waals surface area contributed by atoms with Crippen LogP contribution in [0, 0.1) is 0 Å². The Morgan fingerprint density at radius 3 is 2.62 bits per heavy atom. The van der Waals surface area contributed by atoms with Crippen LogP contribution in [0.25, 0.3) is 0 Å². The first-order valence-electron chi connectivity index (χ1n) is 9.23. The first-order chi connectivity index (χ1) is 11.6. The smallest absolute Gasteiger partial charge is 0.260 e.